The number of hydrogen-bond donors (Lipinski definition) is 1. The van der Waals surface area contributed by atoms with Gasteiger partial charge in [-0.2, -0.15) is 0 Å². The van der Waals surface area contributed by atoms with Crippen molar-refractivity contribution in [3.05, 3.63) is 105 Å². The number of benzene rings is 3. The SMILES string of the molecule is Cc1ccc(N=C2NC(=O)/C(=C/c3c(C)n(Cc4ccccc4)c4ccccc34)S2)cc1Cl. The molecule has 0 bridgehead atoms. The molecule has 1 amide bonds. The van der Waals surface area contributed by atoms with Crippen molar-refractivity contribution in [3.8, 4) is 0 Å². The lowest BCUT2D eigenvalue weighted by atomic mass is 10.1. The highest BCUT2D eigenvalue weighted by atomic mass is 35.5. The number of amides is 1. The van der Waals surface area contributed by atoms with E-state index < -0.39 is 0 Å². The molecule has 4 nitrogen and oxygen atoms in total. The van der Waals surface area contributed by atoms with Gasteiger partial charge in [-0.25, -0.2) is 4.99 Å². The van der Waals surface area contributed by atoms with Crippen LogP contribution in [0.25, 0.3) is 17.0 Å². The van der Waals surface area contributed by atoms with Gasteiger partial charge in [-0.1, -0.05) is 66.2 Å². The normalized spacial score (nSPS) is 16.2. The smallest absolute Gasteiger partial charge is 0.264 e. The maximum atomic E-state index is 12.7. The first kappa shape index (κ1) is 21.6. The van der Waals surface area contributed by atoms with E-state index in [2.05, 4.69) is 64.3 Å². The van der Waals surface area contributed by atoms with E-state index in [0.29, 0.717) is 20.8 Å². The summed E-state index contributed by atoms with van der Waals surface area (Å²) < 4.78 is 2.30. The van der Waals surface area contributed by atoms with Gasteiger partial charge in [-0.05, 0) is 61.0 Å². The third-order valence-electron chi connectivity index (χ3n) is 5.78. The van der Waals surface area contributed by atoms with Crippen LogP contribution in [0.5, 0.6) is 0 Å². The molecule has 0 radical (unpaired) electrons. The summed E-state index contributed by atoms with van der Waals surface area (Å²) in [6.07, 6.45) is 1.98. The van der Waals surface area contributed by atoms with E-state index in [-0.39, 0.29) is 5.91 Å². The first-order valence-electron chi connectivity index (χ1n) is 10.7. The average Bonchev–Trinajstić information content (AvgIpc) is 3.29. The maximum absolute atomic E-state index is 12.7. The van der Waals surface area contributed by atoms with Crippen LogP contribution in [-0.2, 0) is 11.3 Å². The zero-order valence-corrected chi connectivity index (χ0v) is 19.9. The molecule has 1 aliphatic heterocycles. The van der Waals surface area contributed by atoms with Crippen LogP contribution in [-0.4, -0.2) is 15.6 Å². The van der Waals surface area contributed by atoms with Crippen molar-refractivity contribution >= 4 is 57.1 Å². The van der Waals surface area contributed by atoms with E-state index >= 15 is 0 Å². The number of nitrogens with zero attached hydrogens (tertiary/aromatic N) is 2. The highest BCUT2D eigenvalue weighted by Gasteiger charge is 2.25. The van der Waals surface area contributed by atoms with Crippen molar-refractivity contribution < 1.29 is 4.79 Å². The summed E-state index contributed by atoms with van der Waals surface area (Å²) in [4.78, 5) is 17.9. The number of amidine groups is 1. The number of carbonyl (C=O) groups excluding carboxylic acids is 1. The summed E-state index contributed by atoms with van der Waals surface area (Å²) in [7, 11) is 0. The van der Waals surface area contributed by atoms with Gasteiger partial charge in [0.25, 0.3) is 5.91 Å². The third kappa shape index (κ3) is 4.34. The predicted octanol–water partition coefficient (Wildman–Crippen LogP) is 6.85. The van der Waals surface area contributed by atoms with E-state index in [1.54, 1.807) is 6.07 Å². The first-order valence-corrected chi connectivity index (χ1v) is 11.9. The molecule has 1 aliphatic rings. The minimum Gasteiger partial charge on any atom is -0.340 e. The van der Waals surface area contributed by atoms with Crippen LogP contribution in [0.4, 0.5) is 5.69 Å². The Bertz CT molecular complexity index is 1440. The number of aromatic nitrogens is 1. The number of thioether (sulfide) groups is 1. The monoisotopic (exact) mass is 471 g/mol. The van der Waals surface area contributed by atoms with Crippen molar-refractivity contribution in [1.29, 1.82) is 0 Å². The highest BCUT2D eigenvalue weighted by molar-refractivity contribution is 8.18. The molecule has 6 heteroatoms. The van der Waals surface area contributed by atoms with Gasteiger partial charge < -0.3 is 9.88 Å². The number of carbonyl (C=O) groups is 1. The fourth-order valence-corrected chi connectivity index (χ4v) is 4.99. The Hall–Kier alpha value is -3.28. The molecule has 0 unspecified atom stereocenters. The Kier molecular flexibility index (Phi) is 5.83. The van der Waals surface area contributed by atoms with Gasteiger partial charge in [-0.15, -0.1) is 0 Å². The molecule has 5 rings (SSSR count). The number of halogens is 1. The second kappa shape index (κ2) is 8.93. The number of aliphatic imine (C=N–C) groups is 1. The molecule has 1 aromatic heterocycles. The fourth-order valence-electron chi connectivity index (χ4n) is 3.99. The number of para-hydroxylation sites is 1. The van der Waals surface area contributed by atoms with E-state index in [9.17, 15) is 4.79 Å². The van der Waals surface area contributed by atoms with Crippen LogP contribution >= 0.6 is 23.4 Å². The Morgan fingerprint density at radius 3 is 2.58 bits per heavy atom. The average molecular weight is 472 g/mol. The molecule has 0 saturated carbocycles. The lowest BCUT2D eigenvalue weighted by molar-refractivity contribution is -0.115. The summed E-state index contributed by atoms with van der Waals surface area (Å²) in [6, 6.07) is 24.3. The van der Waals surface area contributed by atoms with Crippen molar-refractivity contribution in [3.63, 3.8) is 0 Å². The Morgan fingerprint density at radius 1 is 1.03 bits per heavy atom. The summed E-state index contributed by atoms with van der Waals surface area (Å²) in [5.41, 5.74) is 6.27. The van der Waals surface area contributed by atoms with E-state index in [1.165, 1.54) is 17.3 Å². The van der Waals surface area contributed by atoms with Crippen molar-refractivity contribution in [1.82, 2.24) is 9.88 Å². The molecular formula is C27H22ClN3OS. The van der Waals surface area contributed by atoms with Gasteiger partial charge in [0.1, 0.15) is 0 Å². The van der Waals surface area contributed by atoms with E-state index in [0.717, 1.165) is 34.3 Å². The largest absolute Gasteiger partial charge is 0.340 e. The van der Waals surface area contributed by atoms with Crippen LogP contribution in [0.2, 0.25) is 5.02 Å². The zero-order chi connectivity index (χ0) is 22.9. The Balaban J connectivity index is 1.51. The van der Waals surface area contributed by atoms with Gasteiger partial charge in [-0.3, -0.25) is 4.79 Å². The van der Waals surface area contributed by atoms with Gasteiger partial charge >= 0.3 is 0 Å². The van der Waals surface area contributed by atoms with Crippen LogP contribution in [0.15, 0.2) is 82.7 Å². The topological polar surface area (TPSA) is 46.4 Å². The Morgan fingerprint density at radius 2 is 1.79 bits per heavy atom. The molecule has 3 aromatic carbocycles. The summed E-state index contributed by atoms with van der Waals surface area (Å²) >= 11 is 7.57. The summed E-state index contributed by atoms with van der Waals surface area (Å²) in [6.45, 7) is 4.83. The van der Waals surface area contributed by atoms with E-state index in [1.807, 2.05) is 37.3 Å². The fraction of sp³-hybridized carbons (Fsp3) is 0.111. The van der Waals surface area contributed by atoms with Crippen molar-refractivity contribution in [2.45, 2.75) is 20.4 Å². The molecule has 1 N–H and O–H groups in total. The first-order chi connectivity index (χ1) is 16.0. The molecule has 0 aliphatic carbocycles. The molecule has 164 valence electrons. The molecule has 4 aromatic rings. The number of hydrogen-bond acceptors (Lipinski definition) is 3. The highest BCUT2D eigenvalue weighted by Crippen LogP contribution is 2.34. The molecule has 2 heterocycles. The number of nitrogens with one attached hydrogen (secondary N) is 1. The van der Waals surface area contributed by atoms with Crippen LogP contribution in [0, 0.1) is 13.8 Å². The van der Waals surface area contributed by atoms with Crippen LogP contribution in [0.1, 0.15) is 22.4 Å². The second-order valence-electron chi connectivity index (χ2n) is 8.00. The summed E-state index contributed by atoms with van der Waals surface area (Å²) in [5.74, 6) is -0.142. The molecule has 1 fully saturated rings. The number of aryl methyl sites for hydroxylation is 1. The van der Waals surface area contributed by atoms with E-state index in [4.69, 9.17) is 11.6 Å². The summed E-state index contributed by atoms with van der Waals surface area (Å²) in [5, 5.41) is 5.21. The third-order valence-corrected chi connectivity index (χ3v) is 7.09. The van der Waals surface area contributed by atoms with Crippen molar-refractivity contribution in [2.24, 2.45) is 4.99 Å². The standard InChI is InChI=1S/C27H22ClN3OS/c1-17-12-13-20(14-23(17)28)29-27-30-26(32)25(33-27)15-22-18(2)31(16-19-8-4-3-5-9-19)24-11-7-6-10-21(22)24/h3-15H,16H2,1-2H3,(H,29,30,32)/b25-15-. The second-order valence-corrected chi connectivity index (χ2v) is 9.44. The van der Waals surface area contributed by atoms with Crippen molar-refractivity contribution in [2.75, 3.05) is 0 Å². The lowest BCUT2D eigenvalue weighted by Gasteiger charge is -2.08. The van der Waals surface area contributed by atoms with Crippen LogP contribution in [0.3, 0.4) is 0 Å². The van der Waals surface area contributed by atoms with Gasteiger partial charge in [0.2, 0.25) is 0 Å². The molecule has 0 spiro atoms. The molecule has 33 heavy (non-hydrogen) atoms. The minimum absolute atomic E-state index is 0.142. The number of rotatable bonds is 4. The quantitative estimate of drug-likeness (QED) is 0.331. The Labute approximate surface area is 202 Å². The lowest BCUT2D eigenvalue weighted by Crippen LogP contribution is -2.19. The molecule has 0 atom stereocenters. The van der Waals surface area contributed by atoms with Gasteiger partial charge in [0.05, 0.1) is 10.6 Å². The minimum atomic E-state index is -0.142. The zero-order valence-electron chi connectivity index (χ0n) is 18.3. The molecule has 1 saturated heterocycles. The predicted molar refractivity (Wildman–Crippen MR) is 139 cm³/mol. The maximum Gasteiger partial charge on any atom is 0.264 e. The van der Waals surface area contributed by atoms with Gasteiger partial charge in [0, 0.05) is 33.7 Å². The molecular weight excluding hydrogens is 450 g/mol. The van der Waals surface area contributed by atoms with Gasteiger partial charge in [0.15, 0.2) is 5.17 Å². The number of fused-ring (bicyclic) bond motifs is 1. The van der Waals surface area contributed by atoms with Crippen LogP contribution < -0.4 is 5.32 Å².